The summed E-state index contributed by atoms with van der Waals surface area (Å²) >= 11 is 12.0. The number of hydrogen-bond acceptors (Lipinski definition) is 4. The van der Waals surface area contributed by atoms with Gasteiger partial charge in [0.2, 0.25) is 0 Å². The van der Waals surface area contributed by atoms with Crippen molar-refractivity contribution in [1.29, 1.82) is 0 Å². The number of carbonyl (C=O) groups is 4. The summed E-state index contributed by atoms with van der Waals surface area (Å²) in [5.74, 6) is -2.55. The van der Waals surface area contributed by atoms with Crippen LogP contribution in [-0.2, 0) is 0 Å². The second kappa shape index (κ2) is 8.57. The van der Waals surface area contributed by atoms with Crippen molar-refractivity contribution in [2.75, 3.05) is 0 Å². The quantitative estimate of drug-likeness (QED) is 0.395. The van der Waals surface area contributed by atoms with Gasteiger partial charge in [-0.05, 0) is 37.3 Å². The van der Waals surface area contributed by atoms with E-state index in [1.807, 2.05) is 0 Å². The largest absolute Gasteiger partial charge is 0.292 e. The van der Waals surface area contributed by atoms with Crippen LogP contribution in [0, 0.1) is 0 Å². The Morgan fingerprint density at radius 3 is 1.91 bits per heavy atom. The van der Waals surface area contributed by atoms with Crippen LogP contribution in [0.2, 0.25) is 10.0 Å². The Morgan fingerprint density at radius 2 is 1.34 bits per heavy atom. The molecule has 0 spiro atoms. The van der Waals surface area contributed by atoms with Crippen LogP contribution in [0.5, 0.6) is 0 Å². The van der Waals surface area contributed by atoms with Crippen LogP contribution in [0.4, 0.5) is 0 Å². The van der Waals surface area contributed by atoms with Crippen LogP contribution in [0.25, 0.3) is 0 Å². The van der Waals surface area contributed by atoms with Gasteiger partial charge in [-0.1, -0.05) is 65.7 Å². The molecule has 3 amide bonds. The third-order valence-corrected chi connectivity index (χ3v) is 5.91. The Kier molecular flexibility index (Phi) is 5.82. The van der Waals surface area contributed by atoms with E-state index in [9.17, 15) is 19.2 Å². The first-order chi connectivity index (χ1) is 15.3. The van der Waals surface area contributed by atoms with E-state index in [4.69, 9.17) is 23.2 Å². The molecule has 0 fully saturated rings. The molecule has 8 heteroatoms. The van der Waals surface area contributed by atoms with E-state index in [0.717, 1.165) is 10.0 Å². The summed E-state index contributed by atoms with van der Waals surface area (Å²) in [4.78, 5) is 53.0. The summed E-state index contributed by atoms with van der Waals surface area (Å²) in [6.07, 6.45) is 0. The highest BCUT2D eigenvalue weighted by Crippen LogP contribution is 2.29. The van der Waals surface area contributed by atoms with Crippen molar-refractivity contribution in [1.82, 2.24) is 10.0 Å². The zero-order chi connectivity index (χ0) is 23.0. The van der Waals surface area contributed by atoms with Gasteiger partial charge >= 0.3 is 0 Å². The lowest BCUT2D eigenvalue weighted by Gasteiger charge is -2.34. The number of fused-ring (bicyclic) bond motifs is 1. The second-order valence-corrected chi connectivity index (χ2v) is 7.97. The highest BCUT2D eigenvalue weighted by molar-refractivity contribution is 6.42. The summed E-state index contributed by atoms with van der Waals surface area (Å²) < 4.78 is 0. The molecular weight excluding hydrogens is 451 g/mol. The zero-order valence-corrected chi connectivity index (χ0v) is 18.3. The molecule has 0 saturated heterocycles. The summed E-state index contributed by atoms with van der Waals surface area (Å²) in [7, 11) is 0. The Balaban J connectivity index is 1.81. The molecule has 0 radical (unpaired) electrons. The summed E-state index contributed by atoms with van der Waals surface area (Å²) in [6, 6.07) is 17.6. The molecule has 1 atom stereocenters. The lowest BCUT2D eigenvalue weighted by Crippen LogP contribution is -2.56. The first-order valence-corrected chi connectivity index (χ1v) is 10.4. The number of hydrazine groups is 1. The van der Waals surface area contributed by atoms with Crippen molar-refractivity contribution in [3.8, 4) is 0 Å². The van der Waals surface area contributed by atoms with E-state index in [0.29, 0.717) is 5.56 Å². The fraction of sp³-hybridized carbons (Fsp3) is 0.0833. The normalized spacial score (nSPS) is 13.7. The third kappa shape index (κ3) is 3.68. The molecule has 160 valence electrons. The van der Waals surface area contributed by atoms with Gasteiger partial charge in [0, 0.05) is 11.1 Å². The molecule has 3 aromatic rings. The second-order valence-electron chi connectivity index (χ2n) is 7.15. The van der Waals surface area contributed by atoms with Gasteiger partial charge in [-0.3, -0.25) is 19.2 Å². The molecule has 0 unspecified atom stereocenters. The number of benzene rings is 3. The number of halogens is 2. The van der Waals surface area contributed by atoms with E-state index in [1.165, 1.54) is 37.3 Å². The Labute approximate surface area is 193 Å². The molecule has 0 N–H and O–H groups in total. The average molecular weight is 467 g/mol. The molecule has 0 bridgehead atoms. The third-order valence-electron chi connectivity index (χ3n) is 5.17. The standard InChI is InChI=1S/C24H16Cl2N2O4/c1-14(21(29)15-7-3-2-4-8-15)27(22(30)16-11-12-19(25)20(26)13-16)28-23(31)17-9-5-6-10-18(17)24(28)32/h2-14H,1H3/t14-/m1/s1. The minimum atomic E-state index is -1.17. The van der Waals surface area contributed by atoms with Gasteiger partial charge in [0.05, 0.1) is 21.2 Å². The minimum absolute atomic E-state index is 0.0728. The van der Waals surface area contributed by atoms with Crippen LogP contribution < -0.4 is 0 Å². The van der Waals surface area contributed by atoms with Gasteiger partial charge in [-0.25, -0.2) is 5.01 Å². The molecule has 0 aliphatic carbocycles. The average Bonchev–Trinajstić information content (AvgIpc) is 3.06. The molecule has 1 heterocycles. The van der Waals surface area contributed by atoms with Gasteiger partial charge in [-0.2, -0.15) is 5.01 Å². The summed E-state index contributed by atoms with van der Waals surface area (Å²) in [5, 5.41) is 1.98. The lowest BCUT2D eigenvalue weighted by atomic mass is 10.0. The summed E-state index contributed by atoms with van der Waals surface area (Å²) in [6.45, 7) is 1.47. The fourth-order valence-corrected chi connectivity index (χ4v) is 3.83. The SMILES string of the molecule is C[C@H](C(=O)c1ccccc1)N(C(=O)c1ccc(Cl)c(Cl)c1)N1C(=O)c2ccccc2C1=O. The van der Waals surface area contributed by atoms with Gasteiger partial charge in [-0.15, -0.1) is 0 Å². The van der Waals surface area contributed by atoms with E-state index in [2.05, 4.69) is 0 Å². The molecule has 3 aromatic carbocycles. The number of Topliss-reactive ketones (excluding diaryl/α,β-unsaturated/α-hetero) is 1. The molecule has 1 aliphatic heterocycles. The molecule has 1 aliphatic rings. The minimum Gasteiger partial charge on any atom is -0.292 e. The van der Waals surface area contributed by atoms with Crippen molar-refractivity contribution < 1.29 is 19.2 Å². The van der Waals surface area contributed by atoms with Crippen molar-refractivity contribution in [3.05, 3.63) is 105 Å². The van der Waals surface area contributed by atoms with Crippen LogP contribution in [0.3, 0.4) is 0 Å². The predicted molar refractivity (Wildman–Crippen MR) is 120 cm³/mol. The topological polar surface area (TPSA) is 74.8 Å². The van der Waals surface area contributed by atoms with Gasteiger partial charge in [0.15, 0.2) is 5.78 Å². The number of ketones is 1. The van der Waals surface area contributed by atoms with Gasteiger partial charge in [0.25, 0.3) is 17.7 Å². The number of amides is 3. The Bertz CT molecular complexity index is 1220. The summed E-state index contributed by atoms with van der Waals surface area (Å²) in [5.41, 5.74) is 0.722. The Morgan fingerprint density at radius 1 is 0.781 bits per heavy atom. The van der Waals surface area contributed by atoms with Crippen molar-refractivity contribution in [2.45, 2.75) is 13.0 Å². The van der Waals surface area contributed by atoms with E-state index >= 15 is 0 Å². The molecule has 0 aromatic heterocycles. The first-order valence-electron chi connectivity index (χ1n) is 9.67. The van der Waals surface area contributed by atoms with Gasteiger partial charge < -0.3 is 0 Å². The van der Waals surface area contributed by atoms with Crippen LogP contribution >= 0.6 is 23.2 Å². The predicted octanol–water partition coefficient (Wildman–Crippen LogP) is 4.92. The van der Waals surface area contributed by atoms with Crippen molar-refractivity contribution in [2.24, 2.45) is 0 Å². The number of carbonyl (C=O) groups excluding carboxylic acids is 4. The first kappa shape index (κ1) is 21.7. The number of imide groups is 1. The molecule has 32 heavy (non-hydrogen) atoms. The lowest BCUT2D eigenvalue weighted by molar-refractivity contribution is -0.00680. The number of hydrogen-bond donors (Lipinski definition) is 0. The maximum absolute atomic E-state index is 13.5. The van der Waals surface area contributed by atoms with Crippen LogP contribution in [0.1, 0.15) is 48.4 Å². The smallest absolute Gasteiger partial charge is 0.280 e. The molecule has 6 nitrogen and oxygen atoms in total. The van der Waals surface area contributed by atoms with Crippen molar-refractivity contribution >= 4 is 46.7 Å². The maximum atomic E-state index is 13.5. The zero-order valence-electron chi connectivity index (χ0n) is 16.8. The number of nitrogens with zero attached hydrogens (tertiary/aromatic N) is 2. The highest BCUT2D eigenvalue weighted by atomic mass is 35.5. The highest BCUT2D eigenvalue weighted by Gasteiger charge is 2.44. The van der Waals surface area contributed by atoms with Gasteiger partial charge in [0.1, 0.15) is 6.04 Å². The molecule has 0 saturated carbocycles. The van der Waals surface area contributed by atoms with E-state index in [-0.39, 0.29) is 26.7 Å². The maximum Gasteiger partial charge on any atom is 0.280 e. The van der Waals surface area contributed by atoms with Crippen LogP contribution in [0.15, 0.2) is 72.8 Å². The number of rotatable bonds is 5. The fourth-order valence-electron chi connectivity index (χ4n) is 3.53. The van der Waals surface area contributed by atoms with Crippen LogP contribution in [-0.4, -0.2) is 39.6 Å². The Hall–Kier alpha value is -3.48. The molecule has 4 rings (SSSR count). The van der Waals surface area contributed by atoms with E-state index < -0.39 is 29.5 Å². The molecular formula is C24H16Cl2N2O4. The monoisotopic (exact) mass is 466 g/mol. The van der Waals surface area contributed by atoms with E-state index in [1.54, 1.807) is 42.5 Å². The van der Waals surface area contributed by atoms with Crippen molar-refractivity contribution in [3.63, 3.8) is 0 Å².